The molecule has 0 aliphatic carbocycles. The van der Waals surface area contributed by atoms with Crippen molar-refractivity contribution in [1.29, 1.82) is 0 Å². The zero-order valence-electron chi connectivity index (χ0n) is 12.4. The number of nitrogens with two attached hydrogens (primary N) is 1. The Morgan fingerprint density at radius 3 is 2.89 bits per heavy atom. The molecule has 0 aromatic heterocycles. The molecule has 106 valence electrons. The van der Waals surface area contributed by atoms with Crippen molar-refractivity contribution in [2.45, 2.75) is 33.1 Å². The number of anilines is 1. The third kappa shape index (κ3) is 3.63. The first-order valence-corrected chi connectivity index (χ1v) is 7.19. The lowest BCUT2D eigenvalue weighted by molar-refractivity contribution is 0.288. The first-order valence-electron chi connectivity index (χ1n) is 7.19. The fourth-order valence-corrected chi connectivity index (χ4v) is 2.79. The lowest BCUT2D eigenvalue weighted by Gasteiger charge is -2.32. The first-order chi connectivity index (χ1) is 9.02. The quantitative estimate of drug-likeness (QED) is 0.887. The van der Waals surface area contributed by atoms with Crippen molar-refractivity contribution in [3.63, 3.8) is 0 Å². The van der Waals surface area contributed by atoms with Crippen molar-refractivity contribution in [2.24, 2.45) is 11.1 Å². The molecule has 0 amide bonds. The van der Waals surface area contributed by atoms with E-state index in [1.165, 1.54) is 11.3 Å². The van der Waals surface area contributed by atoms with Crippen LogP contribution in [-0.4, -0.2) is 26.7 Å². The number of ether oxygens (including phenoxy) is 1. The molecule has 0 unspecified atom stereocenters. The van der Waals surface area contributed by atoms with E-state index in [0.717, 1.165) is 44.7 Å². The highest BCUT2D eigenvalue weighted by molar-refractivity contribution is 5.53. The SMILES string of the molecule is CN(CC(C)(C)CCN)c1ccc2c(c1)CCCO2. The summed E-state index contributed by atoms with van der Waals surface area (Å²) in [6.45, 7) is 7.17. The average molecular weight is 262 g/mol. The van der Waals surface area contributed by atoms with Gasteiger partial charge in [0.2, 0.25) is 0 Å². The van der Waals surface area contributed by atoms with Crippen LogP contribution in [0.25, 0.3) is 0 Å². The van der Waals surface area contributed by atoms with Gasteiger partial charge in [-0.25, -0.2) is 0 Å². The Labute approximate surface area is 116 Å². The molecule has 1 aliphatic heterocycles. The number of hydrogen-bond donors (Lipinski definition) is 1. The molecule has 2 N–H and O–H groups in total. The van der Waals surface area contributed by atoms with Crippen molar-refractivity contribution in [3.05, 3.63) is 23.8 Å². The molecule has 3 heteroatoms. The normalized spacial score (nSPS) is 14.7. The summed E-state index contributed by atoms with van der Waals surface area (Å²) >= 11 is 0. The highest BCUT2D eigenvalue weighted by Crippen LogP contribution is 2.30. The third-order valence-electron chi connectivity index (χ3n) is 3.82. The summed E-state index contributed by atoms with van der Waals surface area (Å²) in [5.74, 6) is 1.06. The first kappa shape index (κ1) is 14.2. The molecule has 1 aliphatic rings. The molecule has 0 bridgehead atoms. The third-order valence-corrected chi connectivity index (χ3v) is 3.82. The number of fused-ring (bicyclic) bond motifs is 1. The maximum Gasteiger partial charge on any atom is 0.122 e. The van der Waals surface area contributed by atoms with Crippen LogP contribution in [0.3, 0.4) is 0 Å². The fraction of sp³-hybridized carbons (Fsp3) is 0.625. The summed E-state index contributed by atoms with van der Waals surface area (Å²) in [7, 11) is 2.16. The maximum absolute atomic E-state index is 5.69. The minimum atomic E-state index is 0.246. The van der Waals surface area contributed by atoms with Crippen LogP contribution in [0, 0.1) is 5.41 Å². The Morgan fingerprint density at radius 2 is 2.16 bits per heavy atom. The number of aryl methyl sites for hydroxylation is 1. The van der Waals surface area contributed by atoms with Gasteiger partial charge in [0.05, 0.1) is 6.61 Å². The van der Waals surface area contributed by atoms with E-state index in [1.54, 1.807) is 0 Å². The van der Waals surface area contributed by atoms with E-state index in [-0.39, 0.29) is 5.41 Å². The number of rotatable bonds is 5. The van der Waals surface area contributed by atoms with E-state index in [9.17, 15) is 0 Å². The molecule has 19 heavy (non-hydrogen) atoms. The van der Waals surface area contributed by atoms with Gasteiger partial charge in [0, 0.05) is 19.3 Å². The van der Waals surface area contributed by atoms with Crippen molar-refractivity contribution in [2.75, 3.05) is 31.6 Å². The smallest absolute Gasteiger partial charge is 0.122 e. The van der Waals surface area contributed by atoms with Crippen molar-refractivity contribution < 1.29 is 4.74 Å². The van der Waals surface area contributed by atoms with Gasteiger partial charge in [-0.05, 0) is 55.0 Å². The molecule has 0 spiro atoms. The van der Waals surface area contributed by atoms with E-state index < -0.39 is 0 Å². The molecule has 3 nitrogen and oxygen atoms in total. The van der Waals surface area contributed by atoms with Crippen molar-refractivity contribution >= 4 is 5.69 Å². The van der Waals surface area contributed by atoms with Crippen LogP contribution in [0.5, 0.6) is 5.75 Å². The standard InChI is InChI=1S/C16H26N2O/c1-16(2,8-9-17)12-18(3)14-6-7-15-13(11-14)5-4-10-19-15/h6-7,11H,4-5,8-10,12,17H2,1-3H3. The minimum absolute atomic E-state index is 0.246. The summed E-state index contributed by atoms with van der Waals surface area (Å²) < 4.78 is 5.66. The van der Waals surface area contributed by atoms with Crippen LogP contribution in [0.15, 0.2) is 18.2 Å². The van der Waals surface area contributed by atoms with Gasteiger partial charge < -0.3 is 15.4 Å². The Morgan fingerprint density at radius 1 is 1.37 bits per heavy atom. The second kappa shape index (κ2) is 5.83. The second-order valence-corrected chi connectivity index (χ2v) is 6.30. The Kier molecular flexibility index (Phi) is 4.35. The fourth-order valence-electron chi connectivity index (χ4n) is 2.79. The number of hydrogen-bond acceptors (Lipinski definition) is 3. The largest absolute Gasteiger partial charge is 0.493 e. The zero-order valence-corrected chi connectivity index (χ0v) is 12.4. The summed E-state index contributed by atoms with van der Waals surface area (Å²) in [4.78, 5) is 2.32. The summed E-state index contributed by atoms with van der Waals surface area (Å²) in [6.07, 6.45) is 3.30. The molecule has 0 atom stereocenters. The molecule has 0 fully saturated rings. The van der Waals surface area contributed by atoms with E-state index in [1.807, 2.05) is 0 Å². The van der Waals surface area contributed by atoms with Crippen LogP contribution in [0.2, 0.25) is 0 Å². The van der Waals surface area contributed by atoms with Gasteiger partial charge in [-0.3, -0.25) is 0 Å². The maximum atomic E-state index is 5.69. The monoisotopic (exact) mass is 262 g/mol. The van der Waals surface area contributed by atoms with Crippen LogP contribution in [0.1, 0.15) is 32.3 Å². The Hall–Kier alpha value is -1.22. The highest BCUT2D eigenvalue weighted by atomic mass is 16.5. The van der Waals surface area contributed by atoms with Gasteiger partial charge in [0.25, 0.3) is 0 Å². The molecule has 2 rings (SSSR count). The Balaban J connectivity index is 2.09. The summed E-state index contributed by atoms with van der Waals surface area (Å²) in [6, 6.07) is 6.53. The van der Waals surface area contributed by atoms with Gasteiger partial charge in [-0.2, -0.15) is 0 Å². The van der Waals surface area contributed by atoms with Crippen LogP contribution in [0.4, 0.5) is 5.69 Å². The predicted molar refractivity (Wildman–Crippen MR) is 81.0 cm³/mol. The van der Waals surface area contributed by atoms with E-state index in [2.05, 4.69) is 44.0 Å². The highest BCUT2D eigenvalue weighted by Gasteiger charge is 2.20. The van der Waals surface area contributed by atoms with Crippen molar-refractivity contribution in [3.8, 4) is 5.75 Å². The lowest BCUT2D eigenvalue weighted by atomic mass is 9.88. The Bertz CT molecular complexity index is 429. The lowest BCUT2D eigenvalue weighted by Crippen LogP contribution is -2.33. The van der Waals surface area contributed by atoms with Crippen LogP contribution < -0.4 is 15.4 Å². The second-order valence-electron chi connectivity index (χ2n) is 6.30. The van der Waals surface area contributed by atoms with Gasteiger partial charge in [-0.15, -0.1) is 0 Å². The topological polar surface area (TPSA) is 38.5 Å². The van der Waals surface area contributed by atoms with E-state index >= 15 is 0 Å². The number of benzene rings is 1. The molecule has 1 aromatic carbocycles. The molecule has 1 heterocycles. The molecule has 0 saturated carbocycles. The van der Waals surface area contributed by atoms with Crippen LogP contribution >= 0.6 is 0 Å². The van der Waals surface area contributed by atoms with E-state index in [4.69, 9.17) is 10.5 Å². The molecule has 0 saturated heterocycles. The average Bonchev–Trinajstić information content (AvgIpc) is 2.37. The predicted octanol–water partition coefficient (Wildman–Crippen LogP) is 2.82. The minimum Gasteiger partial charge on any atom is -0.493 e. The molecule has 0 radical (unpaired) electrons. The zero-order chi connectivity index (χ0) is 13.9. The molecular formula is C16H26N2O. The van der Waals surface area contributed by atoms with Gasteiger partial charge in [0.1, 0.15) is 5.75 Å². The van der Waals surface area contributed by atoms with E-state index in [0.29, 0.717) is 0 Å². The van der Waals surface area contributed by atoms with Gasteiger partial charge in [0.15, 0.2) is 0 Å². The van der Waals surface area contributed by atoms with Gasteiger partial charge >= 0.3 is 0 Å². The summed E-state index contributed by atoms with van der Waals surface area (Å²) in [5.41, 5.74) is 8.54. The molecular weight excluding hydrogens is 236 g/mol. The number of nitrogens with zero attached hydrogens (tertiary/aromatic N) is 1. The van der Waals surface area contributed by atoms with Crippen LogP contribution in [-0.2, 0) is 6.42 Å². The van der Waals surface area contributed by atoms with Gasteiger partial charge in [-0.1, -0.05) is 13.8 Å². The molecule has 1 aromatic rings. The van der Waals surface area contributed by atoms with Crippen molar-refractivity contribution in [1.82, 2.24) is 0 Å². The summed E-state index contributed by atoms with van der Waals surface area (Å²) in [5, 5.41) is 0.